The Kier molecular flexibility index (Phi) is 68.9. The standard InChI is InChI=1S/C83H157NO8/c1-3-5-7-9-11-13-15-17-19-21-23-25-27-29-31-33-35-36-37-38-39-40-41-42-43-45-47-49-51-53-55-57-59-61-63-65-67-69-71-73-79(87)84-76(75-91-83-82(90)81(89)80(88)78(74-85)92-83)77(86)72-70-68-66-64-62-60-58-56-54-52-50-48-46-44-34-32-30-28-26-24-22-20-18-16-14-12-10-8-6-4-2/h5,7,11,13,17,19,23,25,76-78,80-83,85-86,88-90H,3-4,6,8-10,12,14-16,18,20-22,24,26-75H2,1-2H3,(H,84,87)/b7-5-,13-11-,19-17-,25-23-. The van der Waals surface area contributed by atoms with Gasteiger partial charge in [0.15, 0.2) is 6.29 Å². The van der Waals surface area contributed by atoms with Crippen LogP contribution in [0.5, 0.6) is 0 Å². The van der Waals surface area contributed by atoms with Crippen LogP contribution in [0.15, 0.2) is 48.6 Å². The van der Waals surface area contributed by atoms with Crippen molar-refractivity contribution < 1.29 is 39.8 Å². The molecular formula is C83H157NO8. The summed E-state index contributed by atoms with van der Waals surface area (Å²) in [5, 5.41) is 55.1. The van der Waals surface area contributed by atoms with Gasteiger partial charge < -0.3 is 40.3 Å². The number of unbranched alkanes of at least 4 members (excludes halogenated alkanes) is 55. The first-order chi connectivity index (χ1) is 45.3. The quantitative estimate of drug-likeness (QED) is 0.0261. The van der Waals surface area contributed by atoms with Crippen LogP contribution in [-0.2, 0) is 14.3 Å². The first-order valence-electron chi connectivity index (χ1n) is 40.8. The van der Waals surface area contributed by atoms with Crippen molar-refractivity contribution in [2.75, 3.05) is 13.2 Å². The molecule has 542 valence electrons. The third-order valence-electron chi connectivity index (χ3n) is 19.7. The van der Waals surface area contributed by atoms with Crippen molar-refractivity contribution >= 4 is 5.91 Å². The molecule has 1 amide bonds. The molecule has 1 rings (SSSR count). The molecule has 1 saturated heterocycles. The lowest BCUT2D eigenvalue weighted by atomic mass is 9.99. The minimum Gasteiger partial charge on any atom is -0.394 e. The van der Waals surface area contributed by atoms with Crippen LogP contribution in [0.4, 0.5) is 0 Å². The molecule has 0 radical (unpaired) electrons. The van der Waals surface area contributed by atoms with Gasteiger partial charge in [0, 0.05) is 6.42 Å². The van der Waals surface area contributed by atoms with Crippen LogP contribution in [0.1, 0.15) is 418 Å². The van der Waals surface area contributed by atoms with Crippen LogP contribution < -0.4 is 5.32 Å². The number of hydrogen-bond acceptors (Lipinski definition) is 8. The molecule has 7 unspecified atom stereocenters. The highest BCUT2D eigenvalue weighted by Crippen LogP contribution is 2.24. The number of carbonyl (C=O) groups is 1. The number of amides is 1. The highest BCUT2D eigenvalue weighted by Gasteiger charge is 2.44. The van der Waals surface area contributed by atoms with Crippen molar-refractivity contribution in [2.45, 2.75) is 461 Å². The number of ether oxygens (including phenoxy) is 2. The van der Waals surface area contributed by atoms with E-state index in [0.717, 1.165) is 64.2 Å². The minimum atomic E-state index is -1.55. The molecule has 0 aromatic heterocycles. The molecule has 92 heavy (non-hydrogen) atoms. The molecule has 7 atom stereocenters. The Hall–Kier alpha value is -1.85. The van der Waals surface area contributed by atoms with Crippen molar-refractivity contribution in [3.05, 3.63) is 48.6 Å². The van der Waals surface area contributed by atoms with E-state index in [4.69, 9.17) is 9.47 Å². The summed E-state index contributed by atoms with van der Waals surface area (Å²) >= 11 is 0. The Balaban J connectivity index is 2.03. The molecule has 0 aromatic carbocycles. The van der Waals surface area contributed by atoms with Gasteiger partial charge >= 0.3 is 0 Å². The van der Waals surface area contributed by atoms with Crippen LogP contribution in [0.2, 0.25) is 0 Å². The van der Waals surface area contributed by atoms with Crippen LogP contribution in [0, 0.1) is 0 Å². The van der Waals surface area contributed by atoms with E-state index in [1.807, 2.05) is 0 Å². The number of aliphatic hydroxyl groups excluding tert-OH is 5. The first kappa shape index (κ1) is 88.2. The maximum atomic E-state index is 13.2. The maximum Gasteiger partial charge on any atom is 0.220 e. The molecule has 9 heteroatoms. The molecule has 1 aliphatic rings. The molecular weight excluding hydrogens is 1140 g/mol. The van der Waals surface area contributed by atoms with E-state index in [1.165, 1.54) is 327 Å². The summed E-state index contributed by atoms with van der Waals surface area (Å²) in [5.41, 5.74) is 0. The predicted octanol–water partition coefficient (Wildman–Crippen LogP) is 23.5. The molecule has 0 spiro atoms. The largest absolute Gasteiger partial charge is 0.394 e. The van der Waals surface area contributed by atoms with E-state index in [2.05, 4.69) is 67.8 Å². The van der Waals surface area contributed by atoms with E-state index in [0.29, 0.717) is 12.8 Å². The lowest BCUT2D eigenvalue weighted by molar-refractivity contribution is -0.302. The molecule has 0 aromatic rings. The smallest absolute Gasteiger partial charge is 0.220 e. The van der Waals surface area contributed by atoms with Gasteiger partial charge in [-0.1, -0.05) is 409 Å². The molecule has 1 aliphatic heterocycles. The van der Waals surface area contributed by atoms with E-state index < -0.39 is 49.5 Å². The van der Waals surface area contributed by atoms with Gasteiger partial charge in [-0.05, 0) is 51.4 Å². The van der Waals surface area contributed by atoms with Crippen LogP contribution >= 0.6 is 0 Å². The highest BCUT2D eigenvalue weighted by molar-refractivity contribution is 5.76. The summed E-state index contributed by atoms with van der Waals surface area (Å²) in [6.45, 7) is 3.79. The Bertz CT molecular complexity index is 1600. The molecule has 0 bridgehead atoms. The van der Waals surface area contributed by atoms with Crippen molar-refractivity contribution in [1.29, 1.82) is 0 Å². The van der Waals surface area contributed by atoms with Crippen molar-refractivity contribution in [1.82, 2.24) is 5.32 Å². The molecule has 1 fully saturated rings. The number of nitrogens with one attached hydrogen (secondary N) is 1. The van der Waals surface area contributed by atoms with Gasteiger partial charge in [0.25, 0.3) is 0 Å². The number of rotatable bonds is 73. The zero-order chi connectivity index (χ0) is 66.4. The third kappa shape index (κ3) is 59.4. The van der Waals surface area contributed by atoms with Gasteiger partial charge in [-0.15, -0.1) is 0 Å². The molecule has 6 N–H and O–H groups in total. The van der Waals surface area contributed by atoms with E-state index in [9.17, 15) is 30.3 Å². The Morgan fingerprint density at radius 2 is 0.674 bits per heavy atom. The summed E-state index contributed by atoms with van der Waals surface area (Å²) in [5.74, 6) is -0.134. The van der Waals surface area contributed by atoms with Gasteiger partial charge in [-0.2, -0.15) is 0 Å². The minimum absolute atomic E-state index is 0.133. The Morgan fingerprint density at radius 3 is 1.00 bits per heavy atom. The first-order valence-corrected chi connectivity index (χ1v) is 40.8. The Labute approximate surface area is 571 Å². The topological polar surface area (TPSA) is 149 Å². The second-order valence-electron chi connectivity index (χ2n) is 28.5. The summed E-state index contributed by atoms with van der Waals surface area (Å²) in [4.78, 5) is 13.2. The van der Waals surface area contributed by atoms with Crippen LogP contribution in [0.25, 0.3) is 0 Å². The summed E-state index contributed by atoms with van der Waals surface area (Å²) in [6, 6.07) is -0.719. The van der Waals surface area contributed by atoms with E-state index >= 15 is 0 Å². The normalized spacial score (nSPS) is 17.8. The van der Waals surface area contributed by atoms with Crippen molar-refractivity contribution in [3.63, 3.8) is 0 Å². The summed E-state index contributed by atoms with van der Waals surface area (Å²) in [7, 11) is 0. The SMILES string of the molecule is CC/C=C\C/C=C\C/C=C\C/C=C\CCCCCCCCCCCCCCCCCCCCCCCCCCCCC(=O)NC(COC1OC(CO)C(O)C(O)C1O)C(O)CCCCCCCCCCCCCCCCCCCCCCCCCCCCCCCC. The van der Waals surface area contributed by atoms with Gasteiger partial charge in [0.1, 0.15) is 24.4 Å². The number of aliphatic hydroxyl groups is 5. The van der Waals surface area contributed by atoms with Gasteiger partial charge in [0.05, 0.1) is 25.4 Å². The molecule has 0 saturated carbocycles. The van der Waals surface area contributed by atoms with Crippen molar-refractivity contribution in [2.24, 2.45) is 0 Å². The summed E-state index contributed by atoms with van der Waals surface area (Å²) < 4.78 is 11.4. The lowest BCUT2D eigenvalue weighted by Crippen LogP contribution is -2.60. The second-order valence-corrected chi connectivity index (χ2v) is 28.5. The maximum absolute atomic E-state index is 13.2. The lowest BCUT2D eigenvalue weighted by Gasteiger charge is -2.40. The number of allylic oxidation sites excluding steroid dienone is 8. The zero-order valence-corrected chi connectivity index (χ0v) is 61.1. The van der Waals surface area contributed by atoms with Crippen molar-refractivity contribution in [3.8, 4) is 0 Å². The molecule has 1 heterocycles. The van der Waals surface area contributed by atoms with E-state index in [-0.39, 0.29) is 12.5 Å². The second kappa shape index (κ2) is 71.9. The zero-order valence-electron chi connectivity index (χ0n) is 61.1. The van der Waals surface area contributed by atoms with E-state index in [1.54, 1.807) is 0 Å². The average molecular weight is 1300 g/mol. The molecule has 9 nitrogen and oxygen atoms in total. The Morgan fingerprint density at radius 1 is 0.380 bits per heavy atom. The van der Waals surface area contributed by atoms with Gasteiger partial charge in [0.2, 0.25) is 5.91 Å². The van der Waals surface area contributed by atoms with Crippen LogP contribution in [-0.4, -0.2) is 87.5 Å². The third-order valence-corrected chi connectivity index (χ3v) is 19.7. The fourth-order valence-electron chi connectivity index (χ4n) is 13.4. The number of carbonyl (C=O) groups excluding carboxylic acids is 1. The monoisotopic (exact) mass is 1300 g/mol. The van der Waals surface area contributed by atoms with Gasteiger partial charge in [-0.25, -0.2) is 0 Å². The van der Waals surface area contributed by atoms with Crippen LogP contribution in [0.3, 0.4) is 0 Å². The van der Waals surface area contributed by atoms with Gasteiger partial charge in [-0.3, -0.25) is 4.79 Å². The predicted molar refractivity (Wildman–Crippen MR) is 396 cm³/mol. The molecule has 0 aliphatic carbocycles. The fraction of sp³-hybridized carbons (Fsp3) is 0.892. The summed E-state index contributed by atoms with van der Waals surface area (Å²) in [6.07, 6.45) is 92.3. The highest BCUT2D eigenvalue weighted by atomic mass is 16.7. The fourth-order valence-corrected chi connectivity index (χ4v) is 13.4. The average Bonchev–Trinajstić information content (AvgIpc) is 1.45. The number of hydrogen-bond donors (Lipinski definition) is 6.